The molecule has 102 valence electrons. The van der Waals surface area contributed by atoms with E-state index in [1.54, 1.807) is 4.68 Å². The van der Waals surface area contributed by atoms with Crippen LogP contribution >= 0.6 is 0 Å². The first-order valence-corrected chi connectivity index (χ1v) is 5.80. The molecule has 0 saturated carbocycles. The molecule has 0 spiro atoms. The Hall–Kier alpha value is -1.82. The molecule has 0 radical (unpaired) electrons. The molecule has 0 bridgehead atoms. The van der Waals surface area contributed by atoms with Crippen LogP contribution in [-0.2, 0) is 20.1 Å². The van der Waals surface area contributed by atoms with Gasteiger partial charge in [0.1, 0.15) is 0 Å². The van der Waals surface area contributed by atoms with E-state index in [1.807, 2.05) is 20.2 Å². The molecule has 3 nitrogen and oxygen atoms in total. The van der Waals surface area contributed by atoms with Crippen LogP contribution in [0.4, 0.5) is 13.2 Å². The van der Waals surface area contributed by atoms with Crippen LogP contribution in [0, 0.1) is 24.4 Å². The fraction of sp³-hybridized carbons (Fsp3) is 0.308. The second kappa shape index (κ2) is 5.44. The number of hydrogen-bond acceptors (Lipinski definition) is 2. The van der Waals surface area contributed by atoms with Crippen LogP contribution in [0.15, 0.2) is 18.3 Å². The maximum absolute atomic E-state index is 13.0. The van der Waals surface area contributed by atoms with Crippen LogP contribution in [0.3, 0.4) is 0 Å². The van der Waals surface area contributed by atoms with Gasteiger partial charge in [0.2, 0.25) is 0 Å². The van der Waals surface area contributed by atoms with Crippen molar-refractivity contribution in [2.45, 2.75) is 20.0 Å². The van der Waals surface area contributed by atoms with Gasteiger partial charge < -0.3 is 5.32 Å². The summed E-state index contributed by atoms with van der Waals surface area (Å²) < 4.78 is 40.5. The van der Waals surface area contributed by atoms with Gasteiger partial charge in [-0.15, -0.1) is 0 Å². The van der Waals surface area contributed by atoms with E-state index < -0.39 is 17.5 Å². The number of nitrogens with one attached hydrogen (secondary N) is 1. The van der Waals surface area contributed by atoms with Gasteiger partial charge in [0.15, 0.2) is 17.5 Å². The monoisotopic (exact) mass is 269 g/mol. The van der Waals surface area contributed by atoms with Crippen LogP contribution < -0.4 is 5.32 Å². The molecule has 2 rings (SSSR count). The van der Waals surface area contributed by atoms with Crippen LogP contribution in [0.25, 0.3) is 0 Å². The first-order chi connectivity index (χ1) is 8.97. The number of rotatable bonds is 4. The lowest BCUT2D eigenvalue weighted by Crippen LogP contribution is -2.13. The first kappa shape index (κ1) is 13.6. The van der Waals surface area contributed by atoms with E-state index in [0.29, 0.717) is 12.1 Å². The van der Waals surface area contributed by atoms with Crippen molar-refractivity contribution in [1.82, 2.24) is 15.1 Å². The molecule has 0 amide bonds. The molecule has 1 heterocycles. The van der Waals surface area contributed by atoms with E-state index in [-0.39, 0.29) is 6.54 Å². The Labute approximate surface area is 109 Å². The topological polar surface area (TPSA) is 29.9 Å². The molecule has 19 heavy (non-hydrogen) atoms. The lowest BCUT2D eigenvalue weighted by atomic mass is 10.2. The number of aryl methyl sites for hydroxylation is 2. The average molecular weight is 269 g/mol. The summed E-state index contributed by atoms with van der Waals surface area (Å²) in [5, 5.41) is 7.22. The number of benzene rings is 1. The van der Waals surface area contributed by atoms with Crippen molar-refractivity contribution >= 4 is 0 Å². The van der Waals surface area contributed by atoms with Gasteiger partial charge in [0, 0.05) is 31.9 Å². The lowest BCUT2D eigenvalue weighted by Gasteiger charge is -2.05. The molecule has 0 unspecified atom stereocenters. The van der Waals surface area contributed by atoms with Gasteiger partial charge in [-0.1, -0.05) is 0 Å². The van der Waals surface area contributed by atoms with E-state index in [9.17, 15) is 13.2 Å². The molecule has 0 aliphatic rings. The molecule has 0 fully saturated rings. The van der Waals surface area contributed by atoms with Crippen molar-refractivity contribution in [2.24, 2.45) is 7.05 Å². The highest BCUT2D eigenvalue weighted by Gasteiger charge is 2.10. The summed E-state index contributed by atoms with van der Waals surface area (Å²) in [5.74, 6) is -3.78. The highest BCUT2D eigenvalue weighted by molar-refractivity contribution is 5.20. The summed E-state index contributed by atoms with van der Waals surface area (Å²) in [7, 11) is 1.82. The summed E-state index contributed by atoms with van der Waals surface area (Å²) in [6.45, 7) is 2.66. The molecule has 0 aliphatic carbocycles. The van der Waals surface area contributed by atoms with Gasteiger partial charge in [-0.05, 0) is 24.6 Å². The minimum atomic E-state index is -1.44. The van der Waals surface area contributed by atoms with Crippen molar-refractivity contribution < 1.29 is 13.2 Å². The van der Waals surface area contributed by atoms with Gasteiger partial charge in [0.25, 0.3) is 0 Å². The Balaban J connectivity index is 1.98. The molecule has 1 aromatic carbocycles. The normalized spacial score (nSPS) is 11.0. The fourth-order valence-electron chi connectivity index (χ4n) is 1.87. The van der Waals surface area contributed by atoms with Crippen molar-refractivity contribution in [3.8, 4) is 0 Å². The fourth-order valence-corrected chi connectivity index (χ4v) is 1.87. The number of halogens is 3. The quantitative estimate of drug-likeness (QED) is 0.864. The second-order valence-corrected chi connectivity index (χ2v) is 4.39. The Bertz CT molecular complexity index is 570. The molecule has 0 aliphatic heterocycles. The summed E-state index contributed by atoms with van der Waals surface area (Å²) >= 11 is 0. The highest BCUT2D eigenvalue weighted by Crippen LogP contribution is 2.13. The third-order valence-electron chi connectivity index (χ3n) is 2.80. The van der Waals surface area contributed by atoms with Gasteiger partial charge in [-0.3, -0.25) is 4.68 Å². The Morgan fingerprint density at radius 3 is 2.32 bits per heavy atom. The maximum atomic E-state index is 13.0. The third-order valence-corrected chi connectivity index (χ3v) is 2.80. The number of hydrogen-bond donors (Lipinski definition) is 1. The van der Waals surface area contributed by atoms with Crippen molar-refractivity contribution in [3.63, 3.8) is 0 Å². The number of aromatic nitrogens is 2. The molecule has 0 saturated heterocycles. The SMILES string of the molecule is Cc1nn(C)cc1CNCc1cc(F)c(F)c(F)c1. The largest absolute Gasteiger partial charge is 0.308 e. The van der Waals surface area contributed by atoms with E-state index in [1.165, 1.54) is 0 Å². The molecule has 1 N–H and O–H groups in total. The van der Waals surface area contributed by atoms with Crippen LogP contribution in [-0.4, -0.2) is 9.78 Å². The minimum Gasteiger partial charge on any atom is -0.308 e. The smallest absolute Gasteiger partial charge is 0.194 e. The number of nitrogens with zero attached hydrogens (tertiary/aromatic N) is 2. The molecule has 1 aromatic heterocycles. The molecular formula is C13H14F3N3. The summed E-state index contributed by atoms with van der Waals surface area (Å²) in [4.78, 5) is 0. The van der Waals surface area contributed by atoms with E-state index in [2.05, 4.69) is 10.4 Å². The van der Waals surface area contributed by atoms with Crippen LogP contribution in [0.5, 0.6) is 0 Å². The van der Waals surface area contributed by atoms with E-state index >= 15 is 0 Å². The molecule has 0 atom stereocenters. The zero-order chi connectivity index (χ0) is 14.0. The van der Waals surface area contributed by atoms with E-state index in [4.69, 9.17) is 0 Å². The summed E-state index contributed by atoms with van der Waals surface area (Å²) in [5.41, 5.74) is 2.26. The molecule has 6 heteroatoms. The summed E-state index contributed by atoms with van der Waals surface area (Å²) in [6.07, 6.45) is 1.87. The minimum absolute atomic E-state index is 0.252. The predicted octanol–water partition coefficient (Wildman–Crippen LogP) is 2.44. The van der Waals surface area contributed by atoms with Crippen molar-refractivity contribution in [1.29, 1.82) is 0 Å². The average Bonchev–Trinajstić information content (AvgIpc) is 2.65. The van der Waals surface area contributed by atoms with Crippen molar-refractivity contribution in [3.05, 3.63) is 52.6 Å². The zero-order valence-corrected chi connectivity index (χ0v) is 10.7. The summed E-state index contributed by atoms with van der Waals surface area (Å²) in [6, 6.07) is 1.98. The Morgan fingerprint density at radius 2 is 1.79 bits per heavy atom. The zero-order valence-electron chi connectivity index (χ0n) is 10.7. The molecule has 2 aromatic rings. The van der Waals surface area contributed by atoms with Gasteiger partial charge >= 0.3 is 0 Å². The lowest BCUT2D eigenvalue weighted by molar-refractivity contribution is 0.444. The Morgan fingerprint density at radius 1 is 1.16 bits per heavy atom. The van der Waals surface area contributed by atoms with Gasteiger partial charge in [-0.2, -0.15) is 5.10 Å². The first-order valence-electron chi connectivity index (χ1n) is 5.80. The second-order valence-electron chi connectivity index (χ2n) is 4.39. The Kier molecular flexibility index (Phi) is 3.90. The van der Waals surface area contributed by atoms with Crippen molar-refractivity contribution in [2.75, 3.05) is 0 Å². The highest BCUT2D eigenvalue weighted by atomic mass is 19.2. The van der Waals surface area contributed by atoms with Gasteiger partial charge in [0.05, 0.1) is 5.69 Å². The maximum Gasteiger partial charge on any atom is 0.194 e. The standard InChI is InChI=1S/C13H14F3N3/c1-8-10(7-19(2)18-8)6-17-5-9-3-11(14)13(16)12(15)4-9/h3-4,7,17H,5-6H2,1-2H3. The predicted molar refractivity (Wildman–Crippen MR) is 64.8 cm³/mol. The van der Waals surface area contributed by atoms with Gasteiger partial charge in [-0.25, -0.2) is 13.2 Å². The third kappa shape index (κ3) is 3.14. The van der Waals surface area contributed by atoms with Crippen LogP contribution in [0.2, 0.25) is 0 Å². The van der Waals surface area contributed by atoms with Crippen LogP contribution in [0.1, 0.15) is 16.8 Å². The molecular weight excluding hydrogens is 255 g/mol. The van der Waals surface area contributed by atoms with E-state index in [0.717, 1.165) is 23.4 Å².